The highest BCUT2D eigenvalue weighted by molar-refractivity contribution is 6.31. The molecule has 0 aliphatic carbocycles. The van der Waals surface area contributed by atoms with Crippen molar-refractivity contribution in [2.45, 2.75) is 32.1 Å². The smallest absolute Gasteiger partial charge is 0.141 e. The third kappa shape index (κ3) is 3.38. The molecule has 1 aliphatic heterocycles. The first-order valence-electron chi connectivity index (χ1n) is 8.11. The van der Waals surface area contributed by atoms with Crippen molar-refractivity contribution in [1.82, 2.24) is 4.98 Å². The maximum Gasteiger partial charge on any atom is 0.141 e. The van der Waals surface area contributed by atoms with Gasteiger partial charge in [0.1, 0.15) is 5.82 Å². The molecule has 4 heteroatoms. The molecule has 24 heavy (non-hydrogen) atoms. The third-order valence-corrected chi connectivity index (χ3v) is 4.90. The second-order valence-corrected chi connectivity index (χ2v) is 7.16. The highest BCUT2D eigenvalue weighted by Gasteiger charge is 2.30. The van der Waals surface area contributed by atoms with Crippen molar-refractivity contribution >= 4 is 17.2 Å². The number of aromatic nitrogens is 1. The lowest BCUT2D eigenvalue weighted by Crippen LogP contribution is -2.33. The number of hydrogen-bond donors (Lipinski definition) is 0. The summed E-state index contributed by atoms with van der Waals surface area (Å²) in [7, 11) is 0. The lowest BCUT2D eigenvalue weighted by molar-refractivity contribution is 0.0419. The molecule has 1 aromatic heterocycles. The molecule has 0 spiro atoms. The predicted octanol–water partition coefficient (Wildman–Crippen LogP) is 5.64. The van der Waals surface area contributed by atoms with Crippen LogP contribution in [0.3, 0.4) is 0 Å². The molecular formula is C20H21ClFNO. The molecular weight excluding hydrogens is 325 g/mol. The van der Waals surface area contributed by atoms with E-state index in [2.05, 4.69) is 30.6 Å². The number of benzene rings is 1. The van der Waals surface area contributed by atoms with Gasteiger partial charge >= 0.3 is 0 Å². The minimum Gasteiger partial charge on any atom is -0.381 e. The van der Waals surface area contributed by atoms with E-state index in [1.165, 1.54) is 11.6 Å². The Kier molecular flexibility index (Phi) is 4.75. The minimum absolute atomic E-state index is 0.0516. The Balaban J connectivity index is 2.12. The molecule has 2 heterocycles. The molecule has 1 atom stereocenters. The van der Waals surface area contributed by atoms with Gasteiger partial charge in [-0.05, 0) is 61.2 Å². The van der Waals surface area contributed by atoms with Crippen molar-refractivity contribution < 1.29 is 9.13 Å². The molecule has 2 nitrogen and oxygen atoms in total. The molecule has 3 rings (SSSR count). The van der Waals surface area contributed by atoms with Crippen LogP contribution in [0.1, 0.15) is 37.9 Å². The standard InChI is InChI=1S/C20H21ClFNO/c1-13(2)18-10-15(20(3)7-4-8-24-12-20)11-19(23-18)14-5-6-17(22)16(21)9-14/h5-6,9-11H,1,4,7-8,12H2,2-3H3. The van der Waals surface area contributed by atoms with E-state index in [-0.39, 0.29) is 10.4 Å². The maximum absolute atomic E-state index is 13.5. The van der Waals surface area contributed by atoms with Gasteiger partial charge in [0.25, 0.3) is 0 Å². The summed E-state index contributed by atoms with van der Waals surface area (Å²) < 4.78 is 19.2. The monoisotopic (exact) mass is 345 g/mol. The van der Waals surface area contributed by atoms with Gasteiger partial charge in [-0.1, -0.05) is 25.1 Å². The number of rotatable bonds is 3. The SMILES string of the molecule is C=C(C)c1cc(C2(C)CCCOC2)cc(-c2ccc(F)c(Cl)c2)n1. The number of hydrogen-bond acceptors (Lipinski definition) is 2. The zero-order valence-corrected chi connectivity index (χ0v) is 14.8. The van der Waals surface area contributed by atoms with E-state index in [1.807, 2.05) is 6.92 Å². The van der Waals surface area contributed by atoms with Crippen LogP contribution in [0.15, 0.2) is 36.9 Å². The molecule has 1 saturated heterocycles. The van der Waals surface area contributed by atoms with Crippen molar-refractivity contribution in [3.63, 3.8) is 0 Å². The van der Waals surface area contributed by atoms with Crippen molar-refractivity contribution in [2.24, 2.45) is 0 Å². The molecule has 0 bridgehead atoms. The van der Waals surface area contributed by atoms with Crippen LogP contribution in [0.4, 0.5) is 4.39 Å². The van der Waals surface area contributed by atoms with Crippen molar-refractivity contribution in [2.75, 3.05) is 13.2 Å². The van der Waals surface area contributed by atoms with Gasteiger partial charge in [0.15, 0.2) is 0 Å². The molecule has 0 amide bonds. The minimum atomic E-state index is -0.427. The van der Waals surface area contributed by atoms with Gasteiger partial charge in [-0.2, -0.15) is 0 Å². The number of halogens is 2. The second-order valence-electron chi connectivity index (χ2n) is 6.75. The average Bonchev–Trinajstić information content (AvgIpc) is 2.57. The summed E-state index contributed by atoms with van der Waals surface area (Å²) in [5.74, 6) is -0.427. The van der Waals surface area contributed by atoms with Crippen molar-refractivity contribution in [3.8, 4) is 11.3 Å². The molecule has 0 saturated carbocycles. The molecule has 0 N–H and O–H groups in total. The Morgan fingerprint density at radius 2 is 2.12 bits per heavy atom. The Hall–Kier alpha value is -1.71. The van der Waals surface area contributed by atoms with Gasteiger partial charge in [0.2, 0.25) is 0 Å². The Morgan fingerprint density at radius 1 is 1.33 bits per heavy atom. The molecule has 1 unspecified atom stereocenters. The average molecular weight is 346 g/mol. The van der Waals surface area contributed by atoms with Gasteiger partial charge in [0.05, 0.1) is 23.0 Å². The lowest BCUT2D eigenvalue weighted by Gasteiger charge is -2.34. The Bertz CT molecular complexity index is 781. The van der Waals surface area contributed by atoms with Gasteiger partial charge in [-0.15, -0.1) is 0 Å². The summed E-state index contributed by atoms with van der Waals surface area (Å²) in [5.41, 5.74) is 4.43. The molecule has 2 aromatic rings. The van der Waals surface area contributed by atoms with E-state index in [4.69, 9.17) is 16.3 Å². The van der Waals surface area contributed by atoms with Gasteiger partial charge in [-0.3, -0.25) is 0 Å². The number of ether oxygens (including phenoxy) is 1. The van der Waals surface area contributed by atoms with Crippen molar-refractivity contribution in [1.29, 1.82) is 0 Å². The summed E-state index contributed by atoms with van der Waals surface area (Å²) >= 11 is 5.94. The first-order valence-corrected chi connectivity index (χ1v) is 8.48. The van der Waals surface area contributed by atoms with Crippen LogP contribution in [0, 0.1) is 5.82 Å². The highest BCUT2D eigenvalue weighted by Crippen LogP contribution is 2.36. The molecule has 126 valence electrons. The van der Waals surface area contributed by atoms with Crippen LogP contribution in [0.25, 0.3) is 16.8 Å². The summed E-state index contributed by atoms with van der Waals surface area (Å²) in [6, 6.07) is 8.84. The highest BCUT2D eigenvalue weighted by atomic mass is 35.5. The number of pyridine rings is 1. The summed E-state index contributed by atoms with van der Waals surface area (Å²) in [5, 5.41) is 0.101. The summed E-state index contributed by atoms with van der Waals surface area (Å²) in [4.78, 5) is 4.68. The fraction of sp³-hybridized carbons (Fsp3) is 0.350. The van der Waals surface area contributed by atoms with E-state index < -0.39 is 5.82 Å². The van der Waals surface area contributed by atoms with Crippen LogP contribution >= 0.6 is 11.6 Å². The first kappa shape index (κ1) is 17.1. The molecule has 1 aliphatic rings. The zero-order valence-electron chi connectivity index (χ0n) is 14.0. The summed E-state index contributed by atoms with van der Waals surface area (Å²) in [6.07, 6.45) is 2.11. The Morgan fingerprint density at radius 3 is 2.75 bits per heavy atom. The predicted molar refractivity (Wildman–Crippen MR) is 96.8 cm³/mol. The normalized spacial score (nSPS) is 20.8. The van der Waals surface area contributed by atoms with Crippen LogP contribution < -0.4 is 0 Å². The molecule has 0 radical (unpaired) electrons. The van der Waals surface area contributed by atoms with Gasteiger partial charge < -0.3 is 4.74 Å². The lowest BCUT2D eigenvalue weighted by atomic mass is 9.77. The van der Waals surface area contributed by atoms with Crippen LogP contribution in [0.2, 0.25) is 5.02 Å². The van der Waals surface area contributed by atoms with Gasteiger partial charge in [0, 0.05) is 17.6 Å². The maximum atomic E-state index is 13.5. The van der Waals surface area contributed by atoms with Gasteiger partial charge in [-0.25, -0.2) is 9.37 Å². The number of nitrogens with zero attached hydrogens (tertiary/aromatic N) is 1. The van der Waals surface area contributed by atoms with E-state index in [0.29, 0.717) is 6.61 Å². The third-order valence-electron chi connectivity index (χ3n) is 4.61. The largest absolute Gasteiger partial charge is 0.381 e. The van der Waals surface area contributed by atoms with E-state index in [9.17, 15) is 4.39 Å². The molecule has 1 fully saturated rings. The molecule has 1 aromatic carbocycles. The fourth-order valence-corrected chi connectivity index (χ4v) is 3.24. The van der Waals surface area contributed by atoms with Crippen LogP contribution in [0.5, 0.6) is 0 Å². The first-order chi connectivity index (χ1) is 11.4. The quantitative estimate of drug-likeness (QED) is 0.717. The van der Waals surface area contributed by atoms with E-state index >= 15 is 0 Å². The topological polar surface area (TPSA) is 22.1 Å². The summed E-state index contributed by atoms with van der Waals surface area (Å²) in [6.45, 7) is 9.68. The zero-order chi connectivity index (χ0) is 17.3. The van der Waals surface area contributed by atoms with E-state index in [0.717, 1.165) is 42.0 Å². The van der Waals surface area contributed by atoms with Crippen LogP contribution in [-0.4, -0.2) is 18.2 Å². The van der Waals surface area contributed by atoms with Crippen molar-refractivity contribution in [3.05, 3.63) is 59.0 Å². The fourth-order valence-electron chi connectivity index (χ4n) is 3.06. The second kappa shape index (κ2) is 6.66. The van der Waals surface area contributed by atoms with Crippen LogP contribution in [-0.2, 0) is 10.2 Å². The number of allylic oxidation sites excluding steroid dienone is 1. The van der Waals surface area contributed by atoms with E-state index in [1.54, 1.807) is 12.1 Å². The Labute approximate surface area is 147 Å².